The molecule has 2 aliphatic carbocycles. The van der Waals surface area contributed by atoms with Gasteiger partial charge >= 0.3 is 0 Å². The van der Waals surface area contributed by atoms with Crippen molar-refractivity contribution in [2.24, 2.45) is 0 Å². The monoisotopic (exact) mass is 620 g/mol. The number of hydrogen-bond donors (Lipinski definition) is 4. The molecular weight excluding hydrogens is 572 g/mol. The molecular formula is C40H48N2O4. The van der Waals surface area contributed by atoms with E-state index in [2.05, 4.69) is 97.3 Å². The van der Waals surface area contributed by atoms with Gasteiger partial charge in [-0.05, 0) is 109 Å². The first-order valence-electron chi connectivity index (χ1n) is 16.7. The van der Waals surface area contributed by atoms with Crippen LogP contribution in [0.5, 0.6) is 11.5 Å². The van der Waals surface area contributed by atoms with Crippen LogP contribution in [-0.2, 0) is 13.1 Å². The molecule has 4 unspecified atom stereocenters. The Morgan fingerprint density at radius 2 is 1.00 bits per heavy atom. The minimum atomic E-state index is -0.265. The van der Waals surface area contributed by atoms with Crippen LogP contribution in [0.1, 0.15) is 60.8 Å². The van der Waals surface area contributed by atoms with Crippen LogP contribution in [0.15, 0.2) is 72.8 Å². The van der Waals surface area contributed by atoms with Crippen molar-refractivity contribution in [3.63, 3.8) is 0 Å². The number of rotatable bonds is 11. The van der Waals surface area contributed by atoms with E-state index in [1.807, 2.05) is 0 Å². The second-order valence-electron chi connectivity index (χ2n) is 13.0. The first-order chi connectivity index (χ1) is 22.4. The second kappa shape index (κ2) is 14.4. The number of aliphatic hydroxyl groups excluding tert-OH is 2. The van der Waals surface area contributed by atoms with Crippen molar-refractivity contribution < 1.29 is 19.7 Å². The average Bonchev–Trinajstić information content (AvgIpc) is 3.69. The Bertz CT molecular complexity index is 1540. The maximum Gasteiger partial charge on any atom is 0.123 e. The third kappa shape index (κ3) is 6.72. The van der Waals surface area contributed by atoms with Crippen molar-refractivity contribution >= 4 is 0 Å². The molecule has 2 saturated carbocycles. The molecule has 0 heterocycles. The number of nitrogens with one attached hydrogen (secondary N) is 2. The maximum atomic E-state index is 10.2. The molecule has 0 spiro atoms. The van der Waals surface area contributed by atoms with Crippen LogP contribution in [-0.4, -0.2) is 48.7 Å². The van der Waals surface area contributed by atoms with Gasteiger partial charge in [-0.15, -0.1) is 0 Å². The van der Waals surface area contributed by atoms with Crippen LogP contribution in [0, 0.1) is 13.8 Å². The molecule has 6 nitrogen and oxygen atoms in total. The lowest BCUT2D eigenvalue weighted by molar-refractivity contribution is 0.148. The van der Waals surface area contributed by atoms with Gasteiger partial charge in [0.15, 0.2) is 0 Å². The Morgan fingerprint density at radius 3 is 1.37 bits per heavy atom. The average molecular weight is 621 g/mol. The summed E-state index contributed by atoms with van der Waals surface area (Å²) in [5.41, 5.74) is 11.6. The van der Waals surface area contributed by atoms with Crippen LogP contribution in [0.2, 0.25) is 0 Å². The standard InChI is InChI=1S/C40H48N2O4/c1-25-31(27-17-19-29(39(21-27)45-3)23-41-35-13-7-15-37(35)43)9-5-11-33(25)34-12-6-10-32(26(34)2)28-18-20-30(40(22-28)46-4)24-42-36-14-8-16-38(36)44/h5-6,9-12,17-22,35-38,41-44H,7-8,13-16,23-24H2,1-4H3. The molecule has 4 aromatic carbocycles. The molecule has 0 saturated heterocycles. The highest BCUT2D eigenvalue weighted by atomic mass is 16.5. The summed E-state index contributed by atoms with van der Waals surface area (Å²) in [5.74, 6) is 1.71. The van der Waals surface area contributed by atoms with E-state index >= 15 is 0 Å². The topological polar surface area (TPSA) is 83.0 Å². The highest BCUT2D eigenvalue weighted by molar-refractivity contribution is 5.84. The Labute approximate surface area is 273 Å². The van der Waals surface area contributed by atoms with Crippen LogP contribution in [0.4, 0.5) is 0 Å². The molecule has 242 valence electrons. The third-order valence-electron chi connectivity index (χ3n) is 10.2. The largest absolute Gasteiger partial charge is 0.496 e. The van der Waals surface area contributed by atoms with Crippen LogP contribution in [0.25, 0.3) is 33.4 Å². The van der Waals surface area contributed by atoms with Gasteiger partial charge in [0.1, 0.15) is 11.5 Å². The summed E-state index contributed by atoms with van der Waals surface area (Å²) >= 11 is 0. The van der Waals surface area contributed by atoms with Crippen molar-refractivity contribution in [2.45, 2.75) is 89.8 Å². The van der Waals surface area contributed by atoms with Gasteiger partial charge in [0.05, 0.1) is 26.4 Å². The molecule has 46 heavy (non-hydrogen) atoms. The Kier molecular flexibility index (Phi) is 10.1. The number of benzene rings is 4. The van der Waals surface area contributed by atoms with Crippen molar-refractivity contribution in [1.29, 1.82) is 0 Å². The van der Waals surface area contributed by atoms with Crippen LogP contribution < -0.4 is 20.1 Å². The fraction of sp³-hybridized carbons (Fsp3) is 0.400. The number of hydrogen-bond acceptors (Lipinski definition) is 6. The molecule has 0 aromatic heterocycles. The number of aliphatic hydroxyl groups is 2. The van der Waals surface area contributed by atoms with Crippen molar-refractivity contribution in [2.75, 3.05) is 14.2 Å². The van der Waals surface area contributed by atoms with E-state index in [0.29, 0.717) is 13.1 Å². The van der Waals surface area contributed by atoms with Gasteiger partial charge in [-0.1, -0.05) is 60.7 Å². The highest BCUT2D eigenvalue weighted by Gasteiger charge is 2.26. The quantitative estimate of drug-likeness (QED) is 0.141. The molecule has 6 rings (SSSR count). The summed E-state index contributed by atoms with van der Waals surface area (Å²) < 4.78 is 11.7. The predicted molar refractivity (Wildman–Crippen MR) is 186 cm³/mol. The van der Waals surface area contributed by atoms with Gasteiger partial charge in [-0.3, -0.25) is 0 Å². The molecule has 2 fully saturated rings. The summed E-state index contributed by atoms with van der Waals surface area (Å²) in [6.45, 7) is 5.74. The lowest BCUT2D eigenvalue weighted by Gasteiger charge is -2.20. The second-order valence-corrected chi connectivity index (χ2v) is 13.0. The first kappa shape index (κ1) is 32.3. The molecule has 0 bridgehead atoms. The fourth-order valence-corrected chi connectivity index (χ4v) is 7.44. The van der Waals surface area contributed by atoms with E-state index in [0.717, 1.165) is 72.3 Å². The van der Waals surface area contributed by atoms with E-state index in [1.54, 1.807) is 14.2 Å². The van der Waals surface area contributed by atoms with Gasteiger partial charge in [0.25, 0.3) is 0 Å². The number of ether oxygens (including phenoxy) is 2. The van der Waals surface area contributed by atoms with Crippen molar-refractivity contribution in [1.82, 2.24) is 10.6 Å². The molecule has 0 amide bonds. The molecule has 2 aliphatic rings. The molecule has 0 aliphatic heterocycles. The zero-order chi connectivity index (χ0) is 32.2. The predicted octanol–water partition coefficient (Wildman–Crippen LogP) is 7.33. The lowest BCUT2D eigenvalue weighted by atomic mass is 9.87. The van der Waals surface area contributed by atoms with Crippen molar-refractivity contribution in [3.05, 3.63) is 95.1 Å². The smallest absolute Gasteiger partial charge is 0.123 e. The maximum absolute atomic E-state index is 10.2. The summed E-state index contributed by atoms with van der Waals surface area (Å²) in [6.07, 6.45) is 5.37. The van der Waals surface area contributed by atoms with Crippen LogP contribution >= 0.6 is 0 Å². The summed E-state index contributed by atoms with van der Waals surface area (Å²) in [4.78, 5) is 0. The molecule has 4 atom stereocenters. The summed E-state index contributed by atoms with van der Waals surface area (Å²) in [5, 5.41) is 27.5. The third-order valence-corrected chi connectivity index (χ3v) is 10.2. The van der Waals surface area contributed by atoms with Gasteiger partial charge < -0.3 is 30.3 Å². The first-order valence-corrected chi connectivity index (χ1v) is 16.7. The highest BCUT2D eigenvalue weighted by Crippen LogP contribution is 2.39. The van der Waals surface area contributed by atoms with E-state index in [1.165, 1.54) is 33.4 Å². The fourth-order valence-electron chi connectivity index (χ4n) is 7.44. The lowest BCUT2D eigenvalue weighted by Crippen LogP contribution is -2.35. The number of methoxy groups -OCH3 is 2. The van der Waals surface area contributed by atoms with Gasteiger partial charge in [0, 0.05) is 36.3 Å². The minimum absolute atomic E-state index is 0.148. The zero-order valence-corrected chi connectivity index (χ0v) is 27.6. The zero-order valence-electron chi connectivity index (χ0n) is 27.6. The molecule has 4 aromatic rings. The van der Waals surface area contributed by atoms with E-state index in [4.69, 9.17) is 9.47 Å². The van der Waals surface area contributed by atoms with E-state index in [-0.39, 0.29) is 24.3 Å². The van der Waals surface area contributed by atoms with Gasteiger partial charge in [-0.2, -0.15) is 0 Å². The summed E-state index contributed by atoms with van der Waals surface area (Å²) in [6, 6.07) is 26.3. The normalized spacial score (nSPS) is 21.1. The summed E-state index contributed by atoms with van der Waals surface area (Å²) in [7, 11) is 3.45. The van der Waals surface area contributed by atoms with Crippen molar-refractivity contribution in [3.8, 4) is 44.9 Å². The Morgan fingerprint density at radius 1 is 0.587 bits per heavy atom. The van der Waals surface area contributed by atoms with Gasteiger partial charge in [0.2, 0.25) is 0 Å². The van der Waals surface area contributed by atoms with E-state index < -0.39 is 0 Å². The van der Waals surface area contributed by atoms with Gasteiger partial charge in [-0.25, -0.2) is 0 Å². The molecule has 6 heteroatoms. The SMILES string of the molecule is COc1cc(-c2cccc(-c3cccc(-c4ccc(CNC5CCCC5O)c(OC)c4)c3C)c2C)ccc1CNC1CCCC1O. The molecule has 4 N–H and O–H groups in total. The minimum Gasteiger partial charge on any atom is -0.496 e. The molecule has 0 radical (unpaired) electrons. The Balaban J connectivity index is 1.25. The van der Waals surface area contributed by atoms with Crippen LogP contribution in [0.3, 0.4) is 0 Å². The van der Waals surface area contributed by atoms with E-state index in [9.17, 15) is 10.2 Å². The Hall–Kier alpha value is -3.68.